The SMILES string of the molecule is CC(S)C(=O)OCc1cc([N+](=O)[O-])c(F)cc1Cl. The molecule has 0 saturated heterocycles. The summed E-state index contributed by atoms with van der Waals surface area (Å²) in [6, 6.07) is 1.75. The summed E-state index contributed by atoms with van der Waals surface area (Å²) in [5, 5.41) is 9.86. The number of rotatable bonds is 4. The monoisotopic (exact) mass is 293 g/mol. The number of carbonyl (C=O) groups excluding carboxylic acids is 1. The Morgan fingerprint density at radius 3 is 2.78 bits per heavy atom. The average molecular weight is 294 g/mol. The van der Waals surface area contributed by atoms with Crippen LogP contribution in [0.1, 0.15) is 12.5 Å². The topological polar surface area (TPSA) is 69.4 Å². The maximum atomic E-state index is 13.2. The van der Waals surface area contributed by atoms with E-state index in [1.165, 1.54) is 6.92 Å². The molecule has 0 N–H and O–H groups in total. The van der Waals surface area contributed by atoms with Crippen molar-refractivity contribution in [3.8, 4) is 0 Å². The first-order valence-electron chi connectivity index (χ1n) is 4.80. The van der Waals surface area contributed by atoms with Crippen LogP contribution in [0.5, 0.6) is 0 Å². The summed E-state index contributed by atoms with van der Waals surface area (Å²) in [7, 11) is 0. The summed E-state index contributed by atoms with van der Waals surface area (Å²) in [6.45, 7) is 1.24. The Balaban J connectivity index is 2.92. The molecule has 0 heterocycles. The van der Waals surface area contributed by atoms with E-state index in [0.717, 1.165) is 12.1 Å². The van der Waals surface area contributed by atoms with Gasteiger partial charge in [0.1, 0.15) is 6.61 Å². The molecule has 0 amide bonds. The van der Waals surface area contributed by atoms with Crippen LogP contribution in [0, 0.1) is 15.9 Å². The molecule has 98 valence electrons. The lowest BCUT2D eigenvalue weighted by Gasteiger charge is -2.08. The summed E-state index contributed by atoms with van der Waals surface area (Å²) in [4.78, 5) is 20.8. The molecule has 0 aromatic heterocycles. The van der Waals surface area contributed by atoms with Crippen LogP contribution in [0.25, 0.3) is 0 Å². The van der Waals surface area contributed by atoms with Crippen LogP contribution in [0.4, 0.5) is 10.1 Å². The molecule has 1 aromatic carbocycles. The molecule has 0 radical (unpaired) electrons. The summed E-state index contributed by atoms with van der Waals surface area (Å²) in [5.41, 5.74) is -0.559. The Bertz CT molecular complexity index is 495. The first-order chi connectivity index (χ1) is 8.32. The van der Waals surface area contributed by atoms with Gasteiger partial charge in [0, 0.05) is 11.6 Å². The lowest BCUT2D eigenvalue weighted by Crippen LogP contribution is -2.14. The average Bonchev–Trinajstić information content (AvgIpc) is 2.26. The number of hydrogen-bond donors (Lipinski definition) is 1. The first-order valence-corrected chi connectivity index (χ1v) is 5.69. The van der Waals surface area contributed by atoms with Crippen LogP contribution >= 0.6 is 24.2 Å². The molecule has 0 aliphatic rings. The van der Waals surface area contributed by atoms with E-state index in [9.17, 15) is 19.3 Å². The molecule has 1 aromatic rings. The minimum Gasteiger partial charge on any atom is -0.460 e. The van der Waals surface area contributed by atoms with Gasteiger partial charge in [-0.3, -0.25) is 14.9 Å². The predicted molar refractivity (Wildman–Crippen MR) is 66.3 cm³/mol. The normalized spacial score (nSPS) is 12.0. The molecular weight excluding hydrogens is 285 g/mol. The van der Waals surface area contributed by atoms with Crippen LogP contribution < -0.4 is 0 Å². The highest BCUT2D eigenvalue weighted by atomic mass is 35.5. The van der Waals surface area contributed by atoms with E-state index in [0.29, 0.717) is 0 Å². The standard InChI is InChI=1S/C10H9ClFNO4S/c1-5(18)10(14)17-4-6-2-9(13(15)16)8(12)3-7(6)11/h2-3,5,18H,4H2,1H3. The molecule has 0 aliphatic carbocycles. The van der Waals surface area contributed by atoms with Crippen molar-refractivity contribution in [1.82, 2.24) is 0 Å². The van der Waals surface area contributed by atoms with E-state index in [4.69, 9.17) is 16.3 Å². The third-order valence-electron chi connectivity index (χ3n) is 2.02. The highest BCUT2D eigenvalue weighted by Gasteiger charge is 2.19. The van der Waals surface area contributed by atoms with E-state index < -0.39 is 27.6 Å². The van der Waals surface area contributed by atoms with Gasteiger partial charge < -0.3 is 4.74 Å². The smallest absolute Gasteiger partial charge is 0.318 e. The van der Waals surface area contributed by atoms with Crippen molar-refractivity contribution < 1.29 is 18.8 Å². The minimum absolute atomic E-state index is 0.0438. The van der Waals surface area contributed by atoms with Crippen molar-refractivity contribution in [3.63, 3.8) is 0 Å². The van der Waals surface area contributed by atoms with Crippen LogP contribution in [-0.4, -0.2) is 16.1 Å². The van der Waals surface area contributed by atoms with Gasteiger partial charge in [0.05, 0.1) is 15.2 Å². The number of hydrogen-bond acceptors (Lipinski definition) is 5. The highest BCUT2D eigenvalue weighted by Crippen LogP contribution is 2.26. The number of esters is 1. The molecular formula is C10H9ClFNO4S. The molecule has 0 fully saturated rings. The van der Waals surface area contributed by atoms with E-state index >= 15 is 0 Å². The molecule has 18 heavy (non-hydrogen) atoms. The quantitative estimate of drug-likeness (QED) is 0.401. The third kappa shape index (κ3) is 3.58. The van der Waals surface area contributed by atoms with Crippen molar-refractivity contribution in [2.45, 2.75) is 18.8 Å². The minimum atomic E-state index is -1.04. The van der Waals surface area contributed by atoms with E-state index in [1.807, 2.05) is 0 Å². The molecule has 5 nitrogen and oxygen atoms in total. The number of halogens is 2. The lowest BCUT2D eigenvalue weighted by molar-refractivity contribution is -0.387. The van der Waals surface area contributed by atoms with Crippen molar-refractivity contribution in [3.05, 3.63) is 38.7 Å². The van der Waals surface area contributed by atoms with Crippen molar-refractivity contribution >= 4 is 35.9 Å². The third-order valence-corrected chi connectivity index (χ3v) is 2.59. The summed E-state index contributed by atoms with van der Waals surface area (Å²) >= 11 is 9.56. The molecule has 0 bridgehead atoms. The van der Waals surface area contributed by atoms with Crippen molar-refractivity contribution in [2.24, 2.45) is 0 Å². The van der Waals surface area contributed by atoms with Crippen LogP contribution in [0.3, 0.4) is 0 Å². The number of nitro groups is 1. The van der Waals surface area contributed by atoms with Gasteiger partial charge in [-0.15, -0.1) is 0 Å². The Labute approximate surface area is 112 Å². The molecule has 1 rings (SSSR count). The Morgan fingerprint density at radius 2 is 2.28 bits per heavy atom. The molecule has 0 aliphatic heterocycles. The molecule has 0 saturated carbocycles. The number of carbonyl (C=O) groups is 1. The van der Waals surface area contributed by atoms with Gasteiger partial charge in [0.25, 0.3) is 0 Å². The maximum absolute atomic E-state index is 13.2. The zero-order valence-corrected chi connectivity index (χ0v) is 10.9. The van der Waals surface area contributed by atoms with Crippen LogP contribution in [-0.2, 0) is 16.1 Å². The second-order valence-electron chi connectivity index (χ2n) is 3.44. The zero-order chi connectivity index (χ0) is 13.9. The van der Waals surface area contributed by atoms with Gasteiger partial charge in [-0.25, -0.2) is 0 Å². The largest absolute Gasteiger partial charge is 0.460 e. The van der Waals surface area contributed by atoms with Crippen LogP contribution in [0.15, 0.2) is 12.1 Å². The number of ether oxygens (including phenoxy) is 1. The van der Waals surface area contributed by atoms with Crippen molar-refractivity contribution in [2.75, 3.05) is 0 Å². The molecule has 1 unspecified atom stereocenters. The first kappa shape index (κ1) is 14.7. The second kappa shape index (κ2) is 6.01. The highest BCUT2D eigenvalue weighted by molar-refractivity contribution is 7.81. The van der Waals surface area contributed by atoms with Gasteiger partial charge in [-0.1, -0.05) is 11.6 Å². The fraction of sp³-hybridized carbons (Fsp3) is 0.300. The maximum Gasteiger partial charge on any atom is 0.318 e. The van der Waals surface area contributed by atoms with E-state index in [2.05, 4.69) is 12.6 Å². The van der Waals surface area contributed by atoms with Crippen LogP contribution in [0.2, 0.25) is 5.02 Å². The van der Waals surface area contributed by atoms with Crippen molar-refractivity contribution in [1.29, 1.82) is 0 Å². The zero-order valence-electron chi connectivity index (χ0n) is 9.22. The predicted octanol–water partition coefficient (Wildman–Crippen LogP) is 2.75. The fourth-order valence-corrected chi connectivity index (χ4v) is 1.38. The van der Waals surface area contributed by atoms with E-state index in [-0.39, 0.29) is 17.2 Å². The second-order valence-corrected chi connectivity index (χ2v) is 4.62. The number of benzene rings is 1. The summed E-state index contributed by atoms with van der Waals surface area (Å²) in [6.07, 6.45) is 0. The van der Waals surface area contributed by atoms with Gasteiger partial charge in [0.15, 0.2) is 0 Å². The number of thiol groups is 1. The van der Waals surface area contributed by atoms with Gasteiger partial charge in [-0.2, -0.15) is 17.0 Å². The fourth-order valence-electron chi connectivity index (χ4n) is 1.10. The Hall–Kier alpha value is -1.34. The summed E-state index contributed by atoms with van der Waals surface area (Å²) < 4.78 is 18.0. The molecule has 1 atom stereocenters. The number of nitrogens with zero attached hydrogens (tertiary/aromatic N) is 1. The molecule has 0 spiro atoms. The Kier molecular flexibility index (Phi) is 4.92. The molecule has 8 heteroatoms. The number of nitro benzene ring substituents is 1. The van der Waals surface area contributed by atoms with Gasteiger partial charge >= 0.3 is 11.7 Å². The van der Waals surface area contributed by atoms with E-state index in [1.54, 1.807) is 0 Å². The Morgan fingerprint density at radius 1 is 1.67 bits per heavy atom. The van der Waals surface area contributed by atoms with Gasteiger partial charge in [0.2, 0.25) is 5.82 Å². The lowest BCUT2D eigenvalue weighted by atomic mass is 10.2. The van der Waals surface area contributed by atoms with Gasteiger partial charge in [-0.05, 0) is 13.0 Å². The summed E-state index contributed by atoms with van der Waals surface area (Å²) in [5.74, 6) is -1.64.